The second-order valence-electron chi connectivity index (χ2n) is 4.73. The third-order valence-electron chi connectivity index (χ3n) is 3.53. The summed E-state index contributed by atoms with van der Waals surface area (Å²) < 4.78 is 0. The molecular formula is C15H17N. The van der Waals surface area contributed by atoms with Crippen LogP contribution in [0.4, 0.5) is 0 Å². The van der Waals surface area contributed by atoms with Crippen molar-refractivity contribution in [2.24, 2.45) is 11.8 Å². The van der Waals surface area contributed by atoms with Gasteiger partial charge in [0.2, 0.25) is 0 Å². The maximum atomic E-state index is 2.41. The molecule has 0 aromatic rings. The molecule has 2 unspecified atom stereocenters. The highest BCUT2D eigenvalue weighted by atomic mass is 15.1. The molecule has 0 aliphatic heterocycles. The van der Waals surface area contributed by atoms with Crippen molar-refractivity contribution in [3.8, 4) is 0 Å². The van der Waals surface area contributed by atoms with Crippen LogP contribution in [0.25, 0.3) is 0 Å². The lowest BCUT2D eigenvalue weighted by Gasteiger charge is -2.23. The molecule has 1 fully saturated rings. The summed E-state index contributed by atoms with van der Waals surface area (Å²) in [6.45, 7) is 0. The van der Waals surface area contributed by atoms with E-state index in [2.05, 4.69) is 60.6 Å². The number of allylic oxidation sites excluding steroid dienone is 8. The normalized spacial score (nSPS) is 30.3. The van der Waals surface area contributed by atoms with Gasteiger partial charge in [-0.1, -0.05) is 30.4 Å². The predicted molar refractivity (Wildman–Crippen MR) is 67.6 cm³/mol. The average Bonchev–Trinajstić information content (AvgIpc) is 3.10. The first-order valence-electron chi connectivity index (χ1n) is 6.02. The molecular weight excluding hydrogens is 194 g/mol. The summed E-state index contributed by atoms with van der Waals surface area (Å²) in [7, 11) is 2.15. The van der Waals surface area contributed by atoms with Crippen LogP contribution in [0.15, 0.2) is 60.0 Å². The lowest BCUT2D eigenvalue weighted by molar-refractivity contribution is 0.546. The summed E-state index contributed by atoms with van der Waals surface area (Å²) in [5.74, 6) is 1.66. The number of rotatable bonds is 2. The van der Waals surface area contributed by atoms with Crippen LogP contribution in [-0.4, -0.2) is 11.9 Å². The Hall–Kier alpha value is -1.50. The predicted octanol–water partition coefficient (Wildman–Crippen LogP) is 3.41. The maximum absolute atomic E-state index is 2.41. The second kappa shape index (κ2) is 3.82. The van der Waals surface area contributed by atoms with E-state index in [0.29, 0.717) is 0 Å². The van der Waals surface area contributed by atoms with E-state index in [1.807, 2.05) is 0 Å². The summed E-state index contributed by atoms with van der Waals surface area (Å²) in [4.78, 5) is 2.28. The van der Waals surface area contributed by atoms with Crippen molar-refractivity contribution in [1.82, 2.24) is 4.90 Å². The van der Waals surface area contributed by atoms with Crippen molar-refractivity contribution in [2.75, 3.05) is 7.05 Å². The fourth-order valence-corrected chi connectivity index (χ4v) is 2.31. The van der Waals surface area contributed by atoms with E-state index >= 15 is 0 Å². The van der Waals surface area contributed by atoms with E-state index in [4.69, 9.17) is 0 Å². The molecule has 16 heavy (non-hydrogen) atoms. The van der Waals surface area contributed by atoms with Crippen molar-refractivity contribution in [2.45, 2.75) is 12.8 Å². The number of fused-ring (bicyclic) bond motifs is 1. The molecule has 0 N–H and O–H groups in total. The first-order chi connectivity index (χ1) is 7.84. The number of likely N-dealkylation sites (N-methyl/N-ethyl adjacent to an activating group) is 1. The fraction of sp³-hybridized carbons (Fsp3) is 0.333. The molecule has 1 heteroatoms. The van der Waals surface area contributed by atoms with Crippen LogP contribution in [0.1, 0.15) is 12.8 Å². The van der Waals surface area contributed by atoms with E-state index in [-0.39, 0.29) is 0 Å². The highest BCUT2D eigenvalue weighted by molar-refractivity contribution is 5.36. The molecule has 3 aliphatic rings. The van der Waals surface area contributed by atoms with Gasteiger partial charge in [-0.15, -0.1) is 0 Å². The molecule has 0 amide bonds. The zero-order valence-electron chi connectivity index (χ0n) is 9.63. The van der Waals surface area contributed by atoms with Gasteiger partial charge in [0.1, 0.15) is 0 Å². The molecule has 3 rings (SSSR count). The summed E-state index contributed by atoms with van der Waals surface area (Å²) in [6.07, 6.45) is 20.3. The van der Waals surface area contributed by atoms with Crippen molar-refractivity contribution < 1.29 is 0 Å². The summed E-state index contributed by atoms with van der Waals surface area (Å²) in [6, 6.07) is 0. The van der Waals surface area contributed by atoms with Crippen LogP contribution < -0.4 is 0 Å². The smallest absolute Gasteiger partial charge is 0.0404 e. The summed E-state index contributed by atoms with van der Waals surface area (Å²) in [5.41, 5.74) is 2.61. The Morgan fingerprint density at radius 2 is 2.06 bits per heavy atom. The van der Waals surface area contributed by atoms with Crippen LogP contribution in [0, 0.1) is 11.8 Å². The third-order valence-corrected chi connectivity index (χ3v) is 3.53. The Morgan fingerprint density at radius 1 is 1.12 bits per heavy atom. The Morgan fingerprint density at radius 3 is 2.94 bits per heavy atom. The van der Waals surface area contributed by atoms with Gasteiger partial charge in [-0.05, 0) is 42.9 Å². The van der Waals surface area contributed by atoms with Gasteiger partial charge in [0.05, 0.1) is 0 Å². The highest BCUT2D eigenvalue weighted by Crippen LogP contribution is 2.44. The molecule has 82 valence electrons. The van der Waals surface area contributed by atoms with Crippen molar-refractivity contribution in [3.05, 3.63) is 60.0 Å². The first kappa shape index (κ1) is 9.71. The van der Waals surface area contributed by atoms with Crippen LogP contribution in [0.5, 0.6) is 0 Å². The zero-order valence-corrected chi connectivity index (χ0v) is 9.63. The monoisotopic (exact) mass is 211 g/mol. The van der Waals surface area contributed by atoms with Gasteiger partial charge in [0.15, 0.2) is 0 Å². The van der Waals surface area contributed by atoms with Gasteiger partial charge in [0.25, 0.3) is 0 Å². The molecule has 0 heterocycles. The summed E-state index contributed by atoms with van der Waals surface area (Å²) in [5, 5.41) is 0. The molecule has 1 saturated carbocycles. The van der Waals surface area contributed by atoms with Gasteiger partial charge in [-0.2, -0.15) is 0 Å². The molecule has 1 nitrogen and oxygen atoms in total. The molecule has 0 aromatic carbocycles. The second-order valence-corrected chi connectivity index (χ2v) is 4.73. The Bertz CT molecular complexity index is 434. The lowest BCUT2D eigenvalue weighted by atomic mass is 10.1. The van der Waals surface area contributed by atoms with Crippen LogP contribution in [0.2, 0.25) is 0 Å². The minimum absolute atomic E-state index is 0.813. The van der Waals surface area contributed by atoms with E-state index < -0.39 is 0 Å². The van der Waals surface area contributed by atoms with Crippen LogP contribution in [0.3, 0.4) is 0 Å². The van der Waals surface area contributed by atoms with Gasteiger partial charge < -0.3 is 4.90 Å². The van der Waals surface area contributed by atoms with Crippen LogP contribution in [-0.2, 0) is 0 Å². The SMILES string of the molecule is CN(C1=CC=CCC=C1)C1=CC2CC2C=C1. The van der Waals surface area contributed by atoms with Gasteiger partial charge in [-0.3, -0.25) is 0 Å². The van der Waals surface area contributed by atoms with Crippen molar-refractivity contribution in [3.63, 3.8) is 0 Å². The molecule has 3 aliphatic carbocycles. The topological polar surface area (TPSA) is 3.24 Å². The highest BCUT2D eigenvalue weighted by Gasteiger charge is 2.35. The minimum Gasteiger partial charge on any atom is -0.345 e. The fourth-order valence-electron chi connectivity index (χ4n) is 2.31. The van der Waals surface area contributed by atoms with Gasteiger partial charge in [-0.25, -0.2) is 0 Å². The molecule has 2 atom stereocenters. The van der Waals surface area contributed by atoms with E-state index in [1.165, 1.54) is 17.8 Å². The average molecular weight is 211 g/mol. The number of nitrogens with zero attached hydrogens (tertiary/aromatic N) is 1. The number of hydrogen-bond acceptors (Lipinski definition) is 1. The third kappa shape index (κ3) is 1.78. The quantitative estimate of drug-likeness (QED) is 0.676. The van der Waals surface area contributed by atoms with Crippen molar-refractivity contribution >= 4 is 0 Å². The summed E-state index contributed by atoms with van der Waals surface area (Å²) >= 11 is 0. The minimum atomic E-state index is 0.813. The maximum Gasteiger partial charge on any atom is 0.0404 e. The van der Waals surface area contributed by atoms with Crippen LogP contribution >= 0.6 is 0 Å². The Labute approximate surface area is 97.1 Å². The standard InChI is InChI=1S/C15H17N/c1-16(14-6-4-2-3-5-7-14)15-9-8-12-10-13(12)11-15/h2,4-9,11-13H,3,10H2,1H3. The Kier molecular flexibility index (Phi) is 2.32. The molecule has 0 aromatic heterocycles. The van der Waals surface area contributed by atoms with Gasteiger partial charge >= 0.3 is 0 Å². The molecule has 0 saturated heterocycles. The van der Waals surface area contributed by atoms with Crippen molar-refractivity contribution in [1.29, 1.82) is 0 Å². The molecule has 0 spiro atoms. The number of hydrogen-bond donors (Lipinski definition) is 0. The molecule has 0 radical (unpaired) electrons. The van der Waals surface area contributed by atoms with E-state index in [1.54, 1.807) is 0 Å². The van der Waals surface area contributed by atoms with E-state index in [0.717, 1.165) is 18.3 Å². The zero-order chi connectivity index (χ0) is 11.0. The molecule has 0 bridgehead atoms. The van der Waals surface area contributed by atoms with E-state index in [9.17, 15) is 0 Å². The largest absolute Gasteiger partial charge is 0.345 e. The van der Waals surface area contributed by atoms with Gasteiger partial charge in [0, 0.05) is 18.4 Å². The Balaban J connectivity index is 1.82. The first-order valence-corrected chi connectivity index (χ1v) is 6.02. The lowest BCUT2D eigenvalue weighted by Crippen LogP contribution is -2.15.